The third-order valence-electron chi connectivity index (χ3n) is 3.74. The number of nitrogens with one attached hydrogen (secondary N) is 1. The van der Waals surface area contributed by atoms with Crippen LogP contribution in [0, 0.1) is 5.92 Å². The lowest BCUT2D eigenvalue weighted by Crippen LogP contribution is -2.34. The Kier molecular flexibility index (Phi) is 4.24. The van der Waals surface area contributed by atoms with Gasteiger partial charge in [0.25, 0.3) is 5.91 Å². The van der Waals surface area contributed by atoms with Gasteiger partial charge in [-0.1, -0.05) is 6.92 Å². The van der Waals surface area contributed by atoms with Gasteiger partial charge >= 0.3 is 0 Å². The molecule has 1 amide bonds. The van der Waals surface area contributed by atoms with Gasteiger partial charge in [0.2, 0.25) is 0 Å². The zero-order chi connectivity index (χ0) is 14.0. The van der Waals surface area contributed by atoms with Crippen LogP contribution < -0.4 is 11.3 Å². The van der Waals surface area contributed by atoms with E-state index >= 15 is 0 Å². The maximum absolute atomic E-state index is 11.3. The summed E-state index contributed by atoms with van der Waals surface area (Å²) in [5, 5.41) is 0. The summed E-state index contributed by atoms with van der Waals surface area (Å²) in [6.07, 6.45) is 1.44. The fourth-order valence-corrected chi connectivity index (χ4v) is 2.74. The van der Waals surface area contributed by atoms with Crippen LogP contribution in [0.2, 0.25) is 0 Å². The SMILES string of the molecule is CC1CN(Cc2cc(C(=O)NN)co2)CC1N(C)C. The first kappa shape index (κ1) is 14.0. The molecule has 2 rings (SSSR count). The van der Waals surface area contributed by atoms with E-state index in [4.69, 9.17) is 10.3 Å². The molecule has 0 saturated carbocycles. The Morgan fingerprint density at radius 2 is 2.32 bits per heavy atom. The number of hydrogen-bond donors (Lipinski definition) is 2. The lowest BCUT2D eigenvalue weighted by atomic mass is 10.1. The van der Waals surface area contributed by atoms with E-state index in [1.165, 1.54) is 6.26 Å². The molecule has 0 aromatic carbocycles. The number of nitrogens with two attached hydrogens (primary N) is 1. The molecule has 6 heteroatoms. The number of amides is 1. The molecule has 0 spiro atoms. The van der Waals surface area contributed by atoms with Crippen molar-refractivity contribution in [1.82, 2.24) is 15.2 Å². The van der Waals surface area contributed by atoms with Crippen molar-refractivity contribution in [3.05, 3.63) is 23.7 Å². The summed E-state index contributed by atoms with van der Waals surface area (Å²) in [5.41, 5.74) is 2.56. The van der Waals surface area contributed by atoms with E-state index in [1.54, 1.807) is 6.07 Å². The van der Waals surface area contributed by atoms with Crippen molar-refractivity contribution >= 4 is 5.91 Å². The first-order valence-electron chi connectivity index (χ1n) is 6.48. The molecule has 6 nitrogen and oxygen atoms in total. The number of hydrogen-bond acceptors (Lipinski definition) is 5. The summed E-state index contributed by atoms with van der Waals surface area (Å²) in [6.45, 7) is 5.06. The summed E-state index contributed by atoms with van der Waals surface area (Å²) in [4.78, 5) is 16.0. The molecule has 1 aliphatic rings. The Morgan fingerprint density at radius 3 is 2.89 bits per heavy atom. The van der Waals surface area contributed by atoms with E-state index in [0.29, 0.717) is 17.5 Å². The Morgan fingerprint density at radius 1 is 1.58 bits per heavy atom. The summed E-state index contributed by atoms with van der Waals surface area (Å²) in [5.74, 6) is 6.20. The highest BCUT2D eigenvalue weighted by Gasteiger charge is 2.31. The highest BCUT2D eigenvalue weighted by atomic mass is 16.3. The zero-order valence-electron chi connectivity index (χ0n) is 11.7. The van der Waals surface area contributed by atoms with Gasteiger partial charge in [-0.15, -0.1) is 0 Å². The molecule has 1 aliphatic heterocycles. The highest BCUT2D eigenvalue weighted by Crippen LogP contribution is 2.22. The van der Waals surface area contributed by atoms with Gasteiger partial charge in [0.15, 0.2) is 0 Å². The summed E-state index contributed by atoms with van der Waals surface area (Å²) in [7, 11) is 4.22. The van der Waals surface area contributed by atoms with E-state index in [9.17, 15) is 4.79 Å². The standard InChI is InChI=1S/C13H22N4O2/c1-9-5-17(7-12(9)16(2)3)6-11-4-10(8-19-11)13(18)15-14/h4,8-9,12H,5-7,14H2,1-3H3,(H,15,18). The van der Waals surface area contributed by atoms with Crippen molar-refractivity contribution in [2.24, 2.45) is 11.8 Å². The van der Waals surface area contributed by atoms with Crippen LogP contribution in [0.25, 0.3) is 0 Å². The minimum Gasteiger partial charge on any atom is -0.467 e. The number of rotatable bonds is 4. The average Bonchev–Trinajstić information content (AvgIpc) is 2.95. The van der Waals surface area contributed by atoms with Gasteiger partial charge in [0.1, 0.15) is 12.0 Å². The number of nitrogen functional groups attached to an aromatic ring is 1. The lowest BCUT2D eigenvalue weighted by Gasteiger charge is -2.22. The summed E-state index contributed by atoms with van der Waals surface area (Å²) < 4.78 is 5.41. The van der Waals surface area contributed by atoms with Gasteiger partial charge in [-0.3, -0.25) is 15.1 Å². The number of carbonyl (C=O) groups is 1. The lowest BCUT2D eigenvalue weighted by molar-refractivity contribution is 0.0953. The zero-order valence-corrected chi connectivity index (χ0v) is 11.7. The number of likely N-dealkylation sites (N-methyl/N-ethyl adjacent to an activating group) is 1. The Bertz CT molecular complexity index is 444. The quantitative estimate of drug-likeness (QED) is 0.465. The normalized spacial score (nSPS) is 24.1. The molecule has 1 saturated heterocycles. The number of furan rings is 1. The predicted molar refractivity (Wildman–Crippen MR) is 72.3 cm³/mol. The fraction of sp³-hybridized carbons (Fsp3) is 0.615. The van der Waals surface area contributed by atoms with Crippen LogP contribution in [0.3, 0.4) is 0 Å². The smallest absolute Gasteiger partial charge is 0.268 e. The molecule has 3 N–H and O–H groups in total. The van der Waals surface area contributed by atoms with E-state index < -0.39 is 0 Å². The number of likely N-dealkylation sites (tertiary alicyclic amines) is 1. The molecule has 2 heterocycles. The minimum atomic E-state index is -0.323. The third kappa shape index (κ3) is 3.15. The van der Waals surface area contributed by atoms with Crippen LogP contribution in [0.4, 0.5) is 0 Å². The topological polar surface area (TPSA) is 74.7 Å². The van der Waals surface area contributed by atoms with E-state index in [2.05, 4.69) is 36.2 Å². The van der Waals surface area contributed by atoms with Crippen LogP contribution in [-0.2, 0) is 6.54 Å². The van der Waals surface area contributed by atoms with Crippen molar-refractivity contribution in [2.75, 3.05) is 27.2 Å². The van der Waals surface area contributed by atoms with Crippen molar-refractivity contribution in [2.45, 2.75) is 19.5 Å². The van der Waals surface area contributed by atoms with Crippen LogP contribution in [-0.4, -0.2) is 48.9 Å². The molecule has 2 unspecified atom stereocenters. The molecule has 19 heavy (non-hydrogen) atoms. The Labute approximate surface area is 113 Å². The second kappa shape index (κ2) is 5.73. The van der Waals surface area contributed by atoms with Gasteiger partial charge in [-0.25, -0.2) is 5.84 Å². The third-order valence-corrected chi connectivity index (χ3v) is 3.74. The number of carbonyl (C=O) groups excluding carboxylic acids is 1. The van der Waals surface area contributed by atoms with Gasteiger partial charge in [0.05, 0.1) is 12.1 Å². The van der Waals surface area contributed by atoms with Gasteiger partial charge < -0.3 is 9.32 Å². The second-order valence-electron chi connectivity index (χ2n) is 5.48. The van der Waals surface area contributed by atoms with Crippen molar-refractivity contribution < 1.29 is 9.21 Å². The predicted octanol–water partition coefficient (Wildman–Crippen LogP) is 0.265. The Hall–Kier alpha value is -1.37. The average molecular weight is 266 g/mol. The molecule has 106 valence electrons. The summed E-state index contributed by atoms with van der Waals surface area (Å²) >= 11 is 0. The molecule has 2 atom stereocenters. The highest BCUT2D eigenvalue weighted by molar-refractivity contribution is 5.93. The van der Waals surface area contributed by atoms with Crippen LogP contribution in [0.1, 0.15) is 23.0 Å². The molecular weight excluding hydrogens is 244 g/mol. The Balaban J connectivity index is 1.95. The molecular formula is C13H22N4O2. The van der Waals surface area contributed by atoms with E-state index in [-0.39, 0.29) is 5.91 Å². The van der Waals surface area contributed by atoms with Crippen LogP contribution in [0.5, 0.6) is 0 Å². The van der Waals surface area contributed by atoms with Crippen molar-refractivity contribution in [3.8, 4) is 0 Å². The number of hydrazine groups is 1. The minimum absolute atomic E-state index is 0.323. The molecule has 0 aliphatic carbocycles. The van der Waals surface area contributed by atoms with Gasteiger partial charge in [0, 0.05) is 19.1 Å². The van der Waals surface area contributed by atoms with Crippen LogP contribution >= 0.6 is 0 Å². The maximum Gasteiger partial charge on any atom is 0.268 e. The first-order valence-corrected chi connectivity index (χ1v) is 6.48. The largest absolute Gasteiger partial charge is 0.467 e. The molecule has 1 aromatic heterocycles. The first-order chi connectivity index (χ1) is 9.01. The van der Waals surface area contributed by atoms with Crippen molar-refractivity contribution in [1.29, 1.82) is 0 Å². The molecule has 1 aromatic rings. The molecule has 0 bridgehead atoms. The van der Waals surface area contributed by atoms with E-state index in [0.717, 1.165) is 25.4 Å². The van der Waals surface area contributed by atoms with E-state index in [1.807, 2.05) is 0 Å². The molecule has 1 fully saturated rings. The molecule has 0 radical (unpaired) electrons. The van der Waals surface area contributed by atoms with Crippen LogP contribution in [0.15, 0.2) is 16.7 Å². The van der Waals surface area contributed by atoms with Gasteiger partial charge in [-0.2, -0.15) is 0 Å². The number of nitrogens with zero attached hydrogens (tertiary/aromatic N) is 2. The maximum atomic E-state index is 11.3. The van der Waals surface area contributed by atoms with Gasteiger partial charge in [-0.05, 0) is 26.1 Å². The fourth-order valence-electron chi connectivity index (χ4n) is 2.74. The van der Waals surface area contributed by atoms with Crippen molar-refractivity contribution in [3.63, 3.8) is 0 Å². The second-order valence-corrected chi connectivity index (χ2v) is 5.48. The summed E-state index contributed by atoms with van der Waals surface area (Å²) in [6, 6.07) is 2.32. The monoisotopic (exact) mass is 266 g/mol.